The van der Waals surface area contributed by atoms with Crippen molar-refractivity contribution in [2.45, 2.75) is 123 Å². The Labute approximate surface area is 206 Å². The molecule has 12 atom stereocenters. The van der Waals surface area contributed by atoms with Crippen LogP contribution in [0.1, 0.15) is 99.3 Å². The number of fused-ring (bicyclic) bond motifs is 5. The first-order valence-electron chi connectivity index (χ1n) is 14.1. The highest BCUT2D eigenvalue weighted by Crippen LogP contribution is 2.69. The van der Waals surface area contributed by atoms with Gasteiger partial charge < -0.3 is 15.3 Å². The molecule has 4 aliphatic rings. The highest BCUT2D eigenvalue weighted by molar-refractivity contribution is 5.89. The van der Waals surface area contributed by atoms with Crippen LogP contribution in [0.3, 0.4) is 0 Å². The van der Waals surface area contributed by atoms with Gasteiger partial charge in [-0.1, -0.05) is 48.0 Å². The van der Waals surface area contributed by atoms with Crippen molar-refractivity contribution in [3.63, 3.8) is 0 Å². The normalized spacial score (nSPS) is 48.0. The summed E-state index contributed by atoms with van der Waals surface area (Å²) in [5.41, 5.74) is -2.57. The molecule has 196 valence electrons. The van der Waals surface area contributed by atoms with E-state index in [0.29, 0.717) is 37.0 Å². The van der Waals surface area contributed by atoms with Crippen LogP contribution in [0.4, 0.5) is 4.39 Å². The van der Waals surface area contributed by atoms with Crippen molar-refractivity contribution >= 4 is 5.78 Å². The van der Waals surface area contributed by atoms with Crippen LogP contribution in [0.25, 0.3) is 0 Å². The van der Waals surface area contributed by atoms with E-state index in [2.05, 4.69) is 34.6 Å². The molecule has 0 aromatic heterocycles. The first-order valence-corrected chi connectivity index (χ1v) is 14.1. The minimum Gasteiger partial charge on any atom is -0.393 e. The Hall–Kier alpha value is -0.520. The lowest BCUT2D eigenvalue weighted by Crippen LogP contribution is -2.65. The minimum absolute atomic E-state index is 0.00194. The molecule has 0 saturated heterocycles. The molecule has 0 heterocycles. The van der Waals surface area contributed by atoms with E-state index >= 15 is 4.39 Å². The molecule has 0 aromatic carbocycles. The highest BCUT2D eigenvalue weighted by atomic mass is 19.1. The van der Waals surface area contributed by atoms with Crippen molar-refractivity contribution in [3.8, 4) is 0 Å². The maximum Gasteiger partial charge on any atom is 0.176 e. The number of aliphatic hydroxyl groups is 3. The lowest BCUT2D eigenvalue weighted by molar-refractivity contribution is -0.192. The van der Waals surface area contributed by atoms with Gasteiger partial charge in [0.1, 0.15) is 0 Å². The van der Waals surface area contributed by atoms with Crippen molar-refractivity contribution in [2.75, 3.05) is 0 Å². The Morgan fingerprint density at radius 3 is 2.29 bits per heavy atom. The predicted molar refractivity (Wildman–Crippen MR) is 132 cm³/mol. The number of rotatable bonds is 6. The quantitative estimate of drug-likeness (QED) is 0.481. The van der Waals surface area contributed by atoms with E-state index in [-0.39, 0.29) is 41.3 Å². The van der Waals surface area contributed by atoms with Crippen LogP contribution in [-0.2, 0) is 4.79 Å². The average Bonchev–Trinajstić information content (AvgIpc) is 3.12. The van der Waals surface area contributed by atoms with Crippen LogP contribution in [0.2, 0.25) is 0 Å². The second kappa shape index (κ2) is 9.10. The third-order valence-corrected chi connectivity index (χ3v) is 11.9. The number of carbonyl (C=O) groups excluding carboxylic acids is 1. The summed E-state index contributed by atoms with van der Waals surface area (Å²) in [6.07, 6.45) is 3.98. The van der Waals surface area contributed by atoms with Gasteiger partial charge in [-0.25, -0.2) is 4.39 Å². The van der Waals surface area contributed by atoms with Crippen LogP contribution < -0.4 is 0 Å². The maximum atomic E-state index is 16.3. The Morgan fingerprint density at radius 2 is 1.68 bits per heavy atom. The van der Waals surface area contributed by atoms with Crippen molar-refractivity contribution in [1.82, 2.24) is 0 Å². The summed E-state index contributed by atoms with van der Waals surface area (Å²) in [5, 5.41) is 32.5. The predicted octanol–water partition coefficient (Wildman–Crippen LogP) is 5.32. The van der Waals surface area contributed by atoms with Gasteiger partial charge in [0, 0.05) is 18.3 Å². The monoisotopic (exact) mass is 480 g/mol. The Balaban J connectivity index is 1.57. The van der Waals surface area contributed by atoms with Gasteiger partial charge in [-0.2, -0.15) is 0 Å². The van der Waals surface area contributed by atoms with Crippen LogP contribution >= 0.6 is 0 Å². The summed E-state index contributed by atoms with van der Waals surface area (Å²) in [5.74, 6) is 1.10. The molecule has 0 radical (unpaired) electrons. The van der Waals surface area contributed by atoms with E-state index in [1.165, 1.54) is 0 Å². The van der Waals surface area contributed by atoms with Crippen LogP contribution in [0, 0.1) is 52.3 Å². The number of halogens is 1. The molecule has 34 heavy (non-hydrogen) atoms. The molecule has 0 spiro atoms. The van der Waals surface area contributed by atoms with Crippen molar-refractivity contribution in [1.29, 1.82) is 0 Å². The zero-order chi connectivity index (χ0) is 25.2. The number of hydrogen-bond donors (Lipinski definition) is 3. The van der Waals surface area contributed by atoms with E-state index in [0.717, 1.165) is 32.1 Å². The summed E-state index contributed by atoms with van der Waals surface area (Å²) in [4.78, 5) is 13.3. The first kappa shape index (κ1) is 26.5. The number of ketones is 1. The van der Waals surface area contributed by atoms with Gasteiger partial charge >= 0.3 is 0 Å². The van der Waals surface area contributed by atoms with E-state index < -0.39 is 29.4 Å². The molecule has 4 rings (SSSR count). The second-order valence-corrected chi connectivity index (χ2v) is 13.5. The summed E-state index contributed by atoms with van der Waals surface area (Å²) in [6, 6.07) is 0. The molecule has 4 fully saturated rings. The zero-order valence-corrected chi connectivity index (χ0v) is 22.3. The lowest BCUT2D eigenvalue weighted by Gasteiger charge is -2.62. The molecule has 0 aliphatic heterocycles. The van der Waals surface area contributed by atoms with Gasteiger partial charge in [-0.05, 0) is 85.4 Å². The number of hydrogen-bond acceptors (Lipinski definition) is 4. The molecule has 4 aliphatic carbocycles. The Kier molecular flexibility index (Phi) is 7.10. The molecular formula is C29H49FO4. The van der Waals surface area contributed by atoms with Crippen LogP contribution in [-0.4, -0.2) is 45.1 Å². The van der Waals surface area contributed by atoms with Crippen LogP contribution in [0.5, 0.6) is 0 Å². The Morgan fingerprint density at radius 1 is 1.00 bits per heavy atom. The topological polar surface area (TPSA) is 77.8 Å². The number of Topliss-reactive ketones (excluding diaryl/α,β-unsaturated/α-hetero) is 1. The third kappa shape index (κ3) is 3.74. The highest BCUT2D eigenvalue weighted by Gasteiger charge is 2.69. The van der Waals surface area contributed by atoms with Crippen LogP contribution in [0.15, 0.2) is 0 Å². The largest absolute Gasteiger partial charge is 0.393 e. The lowest BCUT2D eigenvalue weighted by atomic mass is 9.43. The fourth-order valence-electron chi connectivity index (χ4n) is 9.79. The van der Waals surface area contributed by atoms with E-state index in [9.17, 15) is 20.1 Å². The number of carbonyl (C=O) groups is 1. The van der Waals surface area contributed by atoms with Gasteiger partial charge in [0.2, 0.25) is 0 Å². The van der Waals surface area contributed by atoms with Gasteiger partial charge in [0.05, 0.1) is 18.3 Å². The van der Waals surface area contributed by atoms with Gasteiger partial charge in [-0.3, -0.25) is 4.79 Å². The standard InChI is InChI=1S/C29H49FO4/c1-7-19(16(2)3)26(34)25(33)17(4)21-8-9-22-20-14-24(32)29(30)15-18(31)10-13-28(29,6)23(20)11-12-27(21,22)5/h16-23,25-26,31,33-34H,7-15H2,1-6H3/t17-,18+,19-,20-,21+,22-,23-,25+,26+,27+,28+,29-/m0/s1. The fourth-order valence-corrected chi connectivity index (χ4v) is 9.79. The second-order valence-electron chi connectivity index (χ2n) is 13.5. The smallest absolute Gasteiger partial charge is 0.176 e. The molecule has 0 bridgehead atoms. The first-order chi connectivity index (χ1) is 15.8. The maximum absolute atomic E-state index is 16.3. The molecule has 0 unspecified atom stereocenters. The van der Waals surface area contributed by atoms with Gasteiger partial charge in [-0.15, -0.1) is 0 Å². The summed E-state index contributed by atoms with van der Waals surface area (Å²) in [6.45, 7) is 12.7. The van der Waals surface area contributed by atoms with Crippen molar-refractivity contribution < 1.29 is 24.5 Å². The van der Waals surface area contributed by atoms with Crippen molar-refractivity contribution in [3.05, 3.63) is 0 Å². The van der Waals surface area contributed by atoms with E-state index in [1.54, 1.807) is 0 Å². The SMILES string of the molecule is CC[C@@H](C(C)C)[C@@H](O)[C@H](O)[C@@H](C)[C@H]1CC[C@H]2[C@@H]3CC(=O)[C@@]4(F)C[C@H](O)CC[C@]4(C)[C@H]3CC[C@]12C. The summed E-state index contributed by atoms with van der Waals surface area (Å²) in [7, 11) is 0. The van der Waals surface area contributed by atoms with Gasteiger partial charge in [0.15, 0.2) is 11.5 Å². The minimum atomic E-state index is -1.89. The molecule has 3 N–H and O–H groups in total. The van der Waals surface area contributed by atoms with E-state index in [4.69, 9.17) is 0 Å². The number of aliphatic hydroxyl groups excluding tert-OH is 3. The molecule has 5 heteroatoms. The fraction of sp³-hybridized carbons (Fsp3) is 0.966. The molecule has 0 amide bonds. The third-order valence-electron chi connectivity index (χ3n) is 11.9. The van der Waals surface area contributed by atoms with E-state index in [1.807, 2.05) is 6.92 Å². The van der Waals surface area contributed by atoms with Gasteiger partial charge in [0.25, 0.3) is 0 Å². The molecule has 4 nitrogen and oxygen atoms in total. The molecular weight excluding hydrogens is 431 g/mol. The molecule has 4 saturated carbocycles. The number of alkyl halides is 1. The summed E-state index contributed by atoms with van der Waals surface area (Å²) < 4.78 is 16.3. The zero-order valence-electron chi connectivity index (χ0n) is 22.3. The van der Waals surface area contributed by atoms with Crippen molar-refractivity contribution in [2.24, 2.45) is 52.3 Å². The summed E-state index contributed by atoms with van der Waals surface area (Å²) >= 11 is 0. The molecule has 0 aromatic rings. The average molecular weight is 481 g/mol. The Bertz CT molecular complexity index is 771.